The van der Waals surface area contributed by atoms with E-state index in [1.54, 1.807) is 0 Å². The highest BCUT2D eigenvalue weighted by atomic mass is 16.2. The van der Waals surface area contributed by atoms with Crippen molar-refractivity contribution in [1.82, 2.24) is 20.1 Å². The number of hydrogen-bond donors (Lipinski definition) is 2. The Bertz CT molecular complexity index is 464. The molecule has 0 aromatic carbocycles. The maximum atomic E-state index is 12.3. The van der Waals surface area contributed by atoms with Gasteiger partial charge in [0.15, 0.2) is 5.82 Å². The van der Waals surface area contributed by atoms with Crippen LogP contribution < -0.4 is 11.1 Å². The van der Waals surface area contributed by atoms with Gasteiger partial charge in [0.2, 0.25) is 5.91 Å². The van der Waals surface area contributed by atoms with Gasteiger partial charge in [-0.15, -0.1) is 10.2 Å². The van der Waals surface area contributed by atoms with E-state index in [2.05, 4.69) is 20.1 Å². The molecule has 0 saturated carbocycles. The zero-order chi connectivity index (χ0) is 14.0. The van der Waals surface area contributed by atoms with Gasteiger partial charge in [0.25, 0.3) is 0 Å². The molecule has 0 bridgehead atoms. The monoisotopic (exact) mass is 265 g/mol. The molecule has 19 heavy (non-hydrogen) atoms. The van der Waals surface area contributed by atoms with Crippen LogP contribution in [-0.4, -0.2) is 27.2 Å². The van der Waals surface area contributed by atoms with Crippen LogP contribution in [0.3, 0.4) is 0 Å². The molecule has 0 spiro atoms. The largest absolute Gasteiger partial charge is 0.346 e. The molecule has 0 fully saturated rings. The van der Waals surface area contributed by atoms with Crippen molar-refractivity contribution in [3.05, 3.63) is 11.6 Å². The van der Waals surface area contributed by atoms with Crippen molar-refractivity contribution < 1.29 is 4.79 Å². The van der Waals surface area contributed by atoms with Crippen molar-refractivity contribution in [3.63, 3.8) is 0 Å². The molecular formula is C13H23N5O. The fraction of sp³-hybridized carbons (Fsp3) is 0.769. The summed E-state index contributed by atoms with van der Waals surface area (Å²) in [6.45, 7) is 7.11. The fourth-order valence-corrected chi connectivity index (χ4v) is 2.33. The third kappa shape index (κ3) is 2.49. The smallest absolute Gasteiger partial charge is 0.227 e. The van der Waals surface area contributed by atoms with E-state index in [1.807, 2.05) is 20.8 Å². The molecule has 2 atom stereocenters. The molecule has 0 aliphatic carbocycles. The summed E-state index contributed by atoms with van der Waals surface area (Å²) in [7, 11) is 0. The van der Waals surface area contributed by atoms with Crippen LogP contribution in [0, 0.1) is 5.41 Å². The van der Waals surface area contributed by atoms with Crippen LogP contribution in [0.25, 0.3) is 0 Å². The van der Waals surface area contributed by atoms with Crippen LogP contribution in [-0.2, 0) is 17.8 Å². The standard InChI is InChI=1S/C13H23N5O/c1-4-13(3,8-14)12(19)15-9(2)11-17-16-10-6-5-7-18(10)11/h9H,4-8,14H2,1-3H3,(H,15,19). The lowest BCUT2D eigenvalue weighted by Crippen LogP contribution is -2.44. The lowest BCUT2D eigenvalue weighted by molar-refractivity contribution is -0.130. The second kappa shape index (κ2) is 5.28. The predicted molar refractivity (Wildman–Crippen MR) is 72.4 cm³/mol. The van der Waals surface area contributed by atoms with Crippen molar-refractivity contribution in [3.8, 4) is 0 Å². The fourth-order valence-electron chi connectivity index (χ4n) is 2.33. The van der Waals surface area contributed by atoms with Crippen LogP contribution in [0.5, 0.6) is 0 Å². The molecule has 2 unspecified atom stereocenters. The average molecular weight is 265 g/mol. The van der Waals surface area contributed by atoms with Crippen LogP contribution in [0.1, 0.15) is 51.3 Å². The Kier molecular flexibility index (Phi) is 3.89. The molecule has 0 saturated heterocycles. The number of hydrogen-bond acceptors (Lipinski definition) is 4. The van der Waals surface area contributed by atoms with Crippen LogP contribution in [0.15, 0.2) is 0 Å². The Morgan fingerprint density at radius 3 is 2.95 bits per heavy atom. The molecule has 2 heterocycles. The normalized spacial score (nSPS) is 18.7. The number of fused-ring (bicyclic) bond motifs is 1. The Morgan fingerprint density at radius 2 is 2.32 bits per heavy atom. The van der Waals surface area contributed by atoms with E-state index in [9.17, 15) is 4.79 Å². The molecule has 0 radical (unpaired) electrons. The molecular weight excluding hydrogens is 242 g/mol. The Morgan fingerprint density at radius 1 is 1.58 bits per heavy atom. The van der Waals surface area contributed by atoms with E-state index in [1.165, 1.54) is 0 Å². The first kappa shape index (κ1) is 14.0. The van der Waals surface area contributed by atoms with Gasteiger partial charge in [-0.25, -0.2) is 0 Å². The third-order valence-corrected chi connectivity index (χ3v) is 4.15. The molecule has 1 aliphatic heterocycles. The van der Waals surface area contributed by atoms with E-state index in [0.717, 1.165) is 37.5 Å². The second-order valence-corrected chi connectivity index (χ2v) is 5.54. The Labute approximate surface area is 113 Å². The van der Waals surface area contributed by atoms with Crippen LogP contribution in [0.2, 0.25) is 0 Å². The van der Waals surface area contributed by atoms with Crippen LogP contribution in [0.4, 0.5) is 0 Å². The van der Waals surface area contributed by atoms with Crippen molar-refractivity contribution in [2.24, 2.45) is 11.1 Å². The summed E-state index contributed by atoms with van der Waals surface area (Å²) in [4.78, 5) is 12.3. The number of rotatable bonds is 5. The van der Waals surface area contributed by atoms with Gasteiger partial charge in [0.1, 0.15) is 5.82 Å². The number of nitrogens with two attached hydrogens (primary N) is 1. The molecule has 106 valence electrons. The lowest BCUT2D eigenvalue weighted by atomic mass is 9.86. The second-order valence-electron chi connectivity index (χ2n) is 5.54. The van der Waals surface area contributed by atoms with Gasteiger partial charge in [-0.05, 0) is 26.7 Å². The van der Waals surface area contributed by atoms with E-state index < -0.39 is 5.41 Å². The third-order valence-electron chi connectivity index (χ3n) is 4.15. The SMILES string of the molecule is CCC(C)(CN)C(=O)NC(C)c1nnc2n1CCC2. The van der Waals surface area contributed by atoms with Gasteiger partial charge in [0, 0.05) is 19.5 Å². The highest BCUT2D eigenvalue weighted by Crippen LogP contribution is 2.23. The predicted octanol–water partition coefficient (Wildman–Crippen LogP) is 0.776. The maximum Gasteiger partial charge on any atom is 0.227 e. The molecule has 1 aromatic rings. The van der Waals surface area contributed by atoms with Crippen molar-refractivity contribution in [1.29, 1.82) is 0 Å². The number of aryl methyl sites for hydroxylation is 1. The minimum atomic E-state index is -0.512. The van der Waals surface area contributed by atoms with Gasteiger partial charge in [0.05, 0.1) is 11.5 Å². The molecule has 6 nitrogen and oxygen atoms in total. The molecule has 1 aliphatic rings. The Balaban J connectivity index is 2.09. The summed E-state index contributed by atoms with van der Waals surface area (Å²) in [5.41, 5.74) is 5.20. The van der Waals surface area contributed by atoms with E-state index >= 15 is 0 Å². The average Bonchev–Trinajstić information content (AvgIpc) is 2.99. The number of nitrogens with zero attached hydrogens (tertiary/aromatic N) is 3. The van der Waals surface area contributed by atoms with Gasteiger partial charge in [-0.2, -0.15) is 0 Å². The zero-order valence-corrected chi connectivity index (χ0v) is 11.9. The summed E-state index contributed by atoms with van der Waals surface area (Å²) < 4.78 is 2.11. The summed E-state index contributed by atoms with van der Waals surface area (Å²) in [5, 5.41) is 11.4. The summed E-state index contributed by atoms with van der Waals surface area (Å²) >= 11 is 0. The number of aromatic nitrogens is 3. The highest BCUT2D eigenvalue weighted by molar-refractivity contribution is 5.82. The first-order valence-electron chi connectivity index (χ1n) is 6.95. The molecule has 6 heteroatoms. The van der Waals surface area contributed by atoms with Crippen molar-refractivity contribution in [2.75, 3.05) is 6.54 Å². The van der Waals surface area contributed by atoms with Crippen molar-refractivity contribution >= 4 is 5.91 Å². The van der Waals surface area contributed by atoms with Gasteiger partial charge >= 0.3 is 0 Å². The number of carbonyl (C=O) groups is 1. The first-order valence-corrected chi connectivity index (χ1v) is 6.95. The van der Waals surface area contributed by atoms with Gasteiger partial charge < -0.3 is 15.6 Å². The highest BCUT2D eigenvalue weighted by Gasteiger charge is 2.32. The molecule has 1 aromatic heterocycles. The van der Waals surface area contributed by atoms with Gasteiger partial charge in [-0.1, -0.05) is 6.92 Å². The van der Waals surface area contributed by atoms with E-state index in [-0.39, 0.29) is 11.9 Å². The minimum absolute atomic E-state index is 0.0136. The summed E-state index contributed by atoms with van der Waals surface area (Å²) in [6.07, 6.45) is 2.80. The molecule has 3 N–H and O–H groups in total. The summed E-state index contributed by atoms with van der Waals surface area (Å²) in [6, 6.07) is -0.135. The topological polar surface area (TPSA) is 85.8 Å². The summed E-state index contributed by atoms with van der Waals surface area (Å²) in [5.74, 6) is 1.85. The number of carbonyl (C=O) groups excluding carboxylic acids is 1. The molecule has 1 amide bonds. The molecule has 2 rings (SSSR count). The Hall–Kier alpha value is -1.43. The maximum absolute atomic E-state index is 12.3. The zero-order valence-electron chi connectivity index (χ0n) is 11.9. The van der Waals surface area contributed by atoms with Gasteiger partial charge in [-0.3, -0.25) is 4.79 Å². The van der Waals surface area contributed by atoms with Crippen LogP contribution >= 0.6 is 0 Å². The minimum Gasteiger partial charge on any atom is -0.346 e. The van der Waals surface area contributed by atoms with E-state index in [4.69, 9.17) is 5.73 Å². The number of nitrogens with one attached hydrogen (secondary N) is 1. The van der Waals surface area contributed by atoms with Crippen molar-refractivity contribution in [2.45, 2.75) is 52.6 Å². The quantitative estimate of drug-likeness (QED) is 0.823. The first-order chi connectivity index (χ1) is 9.01. The lowest BCUT2D eigenvalue weighted by Gasteiger charge is -2.27. The number of amides is 1. The van der Waals surface area contributed by atoms with E-state index in [0.29, 0.717) is 6.54 Å².